The van der Waals surface area contributed by atoms with E-state index in [2.05, 4.69) is 4.74 Å². The van der Waals surface area contributed by atoms with Crippen molar-refractivity contribution in [3.63, 3.8) is 0 Å². The van der Waals surface area contributed by atoms with Crippen molar-refractivity contribution in [2.24, 2.45) is 0 Å². The molecular weight excluding hydrogens is 277 g/mol. The van der Waals surface area contributed by atoms with Gasteiger partial charge in [0.15, 0.2) is 0 Å². The topological polar surface area (TPSA) is 75.7 Å². The van der Waals surface area contributed by atoms with E-state index in [-0.39, 0.29) is 19.6 Å². The lowest BCUT2D eigenvalue weighted by Gasteiger charge is -2.17. The Kier molecular flexibility index (Phi) is 6.57. The molecule has 6 nitrogen and oxygen atoms in total. The summed E-state index contributed by atoms with van der Waals surface area (Å²) in [6, 6.07) is 0. The van der Waals surface area contributed by atoms with Gasteiger partial charge >= 0.3 is 12.1 Å². The minimum absolute atomic E-state index is 0.154. The third-order valence-electron chi connectivity index (χ3n) is 1.80. The lowest BCUT2D eigenvalue weighted by atomic mass is 10.4. The molecule has 0 rings (SSSR count). The summed E-state index contributed by atoms with van der Waals surface area (Å²) in [5.41, 5.74) is 0. The molecule has 0 aliphatic heterocycles. The van der Waals surface area contributed by atoms with Gasteiger partial charge in [-0.25, -0.2) is 0 Å². The van der Waals surface area contributed by atoms with Crippen molar-refractivity contribution >= 4 is 16.2 Å². The van der Waals surface area contributed by atoms with E-state index < -0.39 is 28.9 Å². The van der Waals surface area contributed by atoms with Crippen molar-refractivity contribution in [1.82, 2.24) is 9.03 Å². The first kappa shape index (κ1) is 17.1. The third kappa shape index (κ3) is 7.45. The van der Waals surface area contributed by atoms with Gasteiger partial charge in [0, 0.05) is 13.6 Å². The van der Waals surface area contributed by atoms with Gasteiger partial charge in [0.2, 0.25) is 0 Å². The number of rotatable bonds is 7. The lowest BCUT2D eigenvalue weighted by molar-refractivity contribution is -0.143. The molecule has 0 aromatic rings. The summed E-state index contributed by atoms with van der Waals surface area (Å²) in [6.07, 6.45) is -4.85. The van der Waals surface area contributed by atoms with E-state index in [0.717, 1.165) is 7.05 Å². The van der Waals surface area contributed by atoms with Gasteiger partial charge in [-0.05, 0) is 6.92 Å². The van der Waals surface area contributed by atoms with Crippen molar-refractivity contribution in [1.29, 1.82) is 0 Å². The number of alkyl halides is 3. The van der Waals surface area contributed by atoms with E-state index in [4.69, 9.17) is 0 Å². The molecule has 0 aromatic carbocycles. The van der Waals surface area contributed by atoms with Crippen LogP contribution in [0, 0.1) is 0 Å². The molecule has 0 saturated carbocycles. The van der Waals surface area contributed by atoms with E-state index in [0.29, 0.717) is 4.31 Å². The Balaban J connectivity index is 4.23. The molecule has 10 heteroatoms. The second kappa shape index (κ2) is 6.90. The van der Waals surface area contributed by atoms with Crippen LogP contribution < -0.4 is 4.72 Å². The number of carbonyl (C=O) groups excluding carboxylic acids is 1. The van der Waals surface area contributed by atoms with E-state index in [1.54, 1.807) is 6.92 Å². The molecule has 0 amide bonds. The van der Waals surface area contributed by atoms with Gasteiger partial charge in [0.25, 0.3) is 10.2 Å². The highest BCUT2D eigenvalue weighted by Crippen LogP contribution is 2.13. The maximum Gasteiger partial charge on any atom is 0.402 e. The molecule has 1 N–H and O–H groups in total. The van der Waals surface area contributed by atoms with Crippen LogP contribution in [0.1, 0.15) is 13.3 Å². The molecule has 18 heavy (non-hydrogen) atoms. The fraction of sp³-hybridized carbons (Fsp3) is 0.875. The third-order valence-corrected chi connectivity index (χ3v) is 3.31. The number of esters is 1. The van der Waals surface area contributed by atoms with Gasteiger partial charge in [-0.1, -0.05) is 0 Å². The fourth-order valence-electron chi connectivity index (χ4n) is 0.885. The monoisotopic (exact) mass is 292 g/mol. The minimum Gasteiger partial charge on any atom is -0.466 e. The molecule has 108 valence electrons. The summed E-state index contributed by atoms with van der Waals surface area (Å²) in [6.45, 7) is -0.171. The van der Waals surface area contributed by atoms with Gasteiger partial charge in [-0.3, -0.25) is 4.79 Å². The van der Waals surface area contributed by atoms with Crippen molar-refractivity contribution < 1.29 is 31.1 Å². The Bertz CT molecular complexity index is 369. The molecule has 0 atom stereocenters. The number of hydrogen-bond donors (Lipinski definition) is 1. The van der Waals surface area contributed by atoms with E-state index in [9.17, 15) is 26.4 Å². The quantitative estimate of drug-likeness (QED) is 0.683. The summed E-state index contributed by atoms with van der Waals surface area (Å²) in [7, 11) is -3.18. The number of halogens is 3. The van der Waals surface area contributed by atoms with Gasteiger partial charge < -0.3 is 4.74 Å². The number of nitrogens with zero attached hydrogens (tertiary/aromatic N) is 1. The first-order valence-corrected chi connectivity index (χ1v) is 6.46. The molecule has 0 aromatic heterocycles. The van der Waals surface area contributed by atoms with Crippen LogP contribution in [0.3, 0.4) is 0 Å². The molecule has 0 fully saturated rings. The highest BCUT2D eigenvalue weighted by molar-refractivity contribution is 7.87. The molecular formula is C8H15F3N2O4S. The summed E-state index contributed by atoms with van der Waals surface area (Å²) in [5.74, 6) is -0.615. The normalized spacial score (nSPS) is 12.8. The Morgan fingerprint density at radius 3 is 2.39 bits per heavy atom. The Morgan fingerprint density at radius 1 is 1.39 bits per heavy atom. The second-order valence-electron chi connectivity index (χ2n) is 3.32. The van der Waals surface area contributed by atoms with Gasteiger partial charge in [0.05, 0.1) is 13.0 Å². The van der Waals surface area contributed by atoms with E-state index in [1.807, 2.05) is 0 Å². The number of nitrogens with one attached hydrogen (secondary N) is 1. The fourth-order valence-corrected chi connectivity index (χ4v) is 1.78. The zero-order valence-corrected chi connectivity index (χ0v) is 10.8. The smallest absolute Gasteiger partial charge is 0.402 e. The Labute approximate surface area is 103 Å². The van der Waals surface area contributed by atoms with Crippen LogP contribution in [-0.4, -0.2) is 51.6 Å². The zero-order valence-electron chi connectivity index (χ0n) is 9.95. The minimum atomic E-state index is -4.63. The second-order valence-corrected chi connectivity index (χ2v) is 5.18. The first-order chi connectivity index (χ1) is 8.08. The van der Waals surface area contributed by atoms with Gasteiger partial charge in [-0.2, -0.15) is 30.6 Å². The maximum atomic E-state index is 11.8. The molecule has 0 unspecified atom stereocenters. The van der Waals surface area contributed by atoms with Crippen molar-refractivity contribution in [2.75, 3.05) is 26.7 Å². The van der Waals surface area contributed by atoms with Crippen LogP contribution in [0.15, 0.2) is 0 Å². The molecule has 0 radical (unpaired) electrons. The molecule has 0 aliphatic rings. The van der Waals surface area contributed by atoms with Crippen LogP contribution in [0.5, 0.6) is 0 Å². The zero-order chi connectivity index (χ0) is 14.4. The highest BCUT2D eigenvalue weighted by atomic mass is 32.2. The van der Waals surface area contributed by atoms with E-state index >= 15 is 0 Å². The SMILES string of the molecule is CCOC(=O)CCN(C)S(=O)(=O)NCC(F)(F)F. The predicted molar refractivity (Wildman–Crippen MR) is 56.9 cm³/mol. The summed E-state index contributed by atoms with van der Waals surface area (Å²) in [4.78, 5) is 10.9. The van der Waals surface area contributed by atoms with Crippen molar-refractivity contribution in [3.8, 4) is 0 Å². The van der Waals surface area contributed by atoms with Crippen LogP contribution in [-0.2, 0) is 19.7 Å². The molecule has 0 aliphatic carbocycles. The summed E-state index contributed by atoms with van der Waals surface area (Å²) in [5, 5.41) is 0. The average Bonchev–Trinajstić information content (AvgIpc) is 2.23. The Morgan fingerprint density at radius 2 is 1.94 bits per heavy atom. The predicted octanol–water partition coefficient (Wildman–Crippen LogP) is 0.268. The highest BCUT2D eigenvalue weighted by Gasteiger charge is 2.30. The molecule has 0 heterocycles. The van der Waals surface area contributed by atoms with Gasteiger partial charge in [-0.15, -0.1) is 0 Å². The maximum absolute atomic E-state index is 11.8. The molecule has 0 spiro atoms. The molecule has 0 saturated heterocycles. The van der Waals surface area contributed by atoms with Crippen LogP contribution >= 0.6 is 0 Å². The Hall–Kier alpha value is -0.870. The van der Waals surface area contributed by atoms with Crippen LogP contribution in [0.25, 0.3) is 0 Å². The number of carbonyl (C=O) groups is 1. The van der Waals surface area contributed by atoms with E-state index in [1.165, 1.54) is 4.72 Å². The van der Waals surface area contributed by atoms with Gasteiger partial charge in [0.1, 0.15) is 6.54 Å². The standard InChI is InChI=1S/C8H15F3N2O4S/c1-3-17-7(14)4-5-13(2)18(15,16)12-6-8(9,10)11/h12H,3-6H2,1-2H3. The summed E-state index contributed by atoms with van der Waals surface area (Å²) >= 11 is 0. The number of hydrogen-bond acceptors (Lipinski definition) is 4. The summed E-state index contributed by atoms with van der Waals surface area (Å²) < 4.78 is 64.7. The van der Waals surface area contributed by atoms with Crippen LogP contribution in [0.2, 0.25) is 0 Å². The lowest BCUT2D eigenvalue weighted by Crippen LogP contribution is -2.43. The van der Waals surface area contributed by atoms with Crippen LogP contribution in [0.4, 0.5) is 13.2 Å². The van der Waals surface area contributed by atoms with Crippen molar-refractivity contribution in [2.45, 2.75) is 19.5 Å². The average molecular weight is 292 g/mol. The first-order valence-electron chi connectivity index (χ1n) is 5.02. The largest absolute Gasteiger partial charge is 0.466 e. The van der Waals surface area contributed by atoms with Crippen molar-refractivity contribution in [3.05, 3.63) is 0 Å². The molecule has 0 bridgehead atoms. The number of ether oxygens (including phenoxy) is 1.